The summed E-state index contributed by atoms with van der Waals surface area (Å²) in [5.74, 6) is -0.195. The number of benzene rings is 1. The fourth-order valence-corrected chi connectivity index (χ4v) is 2.37. The second-order valence-electron chi connectivity index (χ2n) is 4.44. The Morgan fingerprint density at radius 3 is 2.41 bits per heavy atom. The zero-order chi connectivity index (χ0) is 12.8. The second kappa shape index (κ2) is 6.72. The lowest BCUT2D eigenvalue weighted by Crippen LogP contribution is -2.38. The molecule has 0 aliphatic rings. The van der Waals surface area contributed by atoms with Gasteiger partial charge in [0.25, 0.3) is 0 Å². The first-order valence-electron chi connectivity index (χ1n) is 6.31. The minimum Gasteiger partial charge on any atom is -0.329 e. The van der Waals surface area contributed by atoms with Gasteiger partial charge in [0.15, 0.2) is 0 Å². The molecule has 0 aliphatic carbocycles. The Labute approximate surface area is 104 Å². The van der Waals surface area contributed by atoms with E-state index in [2.05, 4.69) is 25.8 Å². The van der Waals surface area contributed by atoms with Crippen LogP contribution in [0, 0.1) is 5.82 Å². The van der Waals surface area contributed by atoms with Crippen molar-refractivity contribution in [2.45, 2.75) is 38.8 Å². The third-order valence-electron chi connectivity index (χ3n) is 3.47. The van der Waals surface area contributed by atoms with E-state index in [1.807, 2.05) is 6.07 Å². The molecule has 96 valence electrons. The molecule has 0 saturated heterocycles. The topological polar surface area (TPSA) is 29.3 Å². The van der Waals surface area contributed by atoms with Crippen molar-refractivity contribution >= 4 is 0 Å². The van der Waals surface area contributed by atoms with Gasteiger partial charge >= 0.3 is 0 Å². The molecule has 2 N–H and O–H groups in total. The highest BCUT2D eigenvalue weighted by molar-refractivity contribution is 5.20. The maximum atomic E-state index is 13.2. The first-order valence-corrected chi connectivity index (χ1v) is 6.31. The Bertz CT molecular complexity index is 337. The van der Waals surface area contributed by atoms with Crippen molar-refractivity contribution in [3.8, 4) is 0 Å². The number of likely N-dealkylation sites (N-methyl/N-ethyl adjacent to an activating group) is 1. The Hall–Kier alpha value is -0.930. The van der Waals surface area contributed by atoms with Crippen molar-refractivity contribution in [3.63, 3.8) is 0 Å². The average molecular weight is 238 g/mol. The minimum atomic E-state index is -0.195. The van der Waals surface area contributed by atoms with Gasteiger partial charge in [-0.3, -0.25) is 4.90 Å². The Morgan fingerprint density at radius 1 is 1.29 bits per heavy atom. The van der Waals surface area contributed by atoms with Gasteiger partial charge in [0.05, 0.1) is 0 Å². The zero-order valence-electron chi connectivity index (χ0n) is 11.0. The first kappa shape index (κ1) is 14.1. The van der Waals surface area contributed by atoms with E-state index in [1.165, 1.54) is 6.07 Å². The summed E-state index contributed by atoms with van der Waals surface area (Å²) in [5.41, 5.74) is 6.80. The summed E-state index contributed by atoms with van der Waals surface area (Å²) >= 11 is 0. The lowest BCUT2D eigenvalue weighted by Gasteiger charge is -2.34. The molecular formula is C14H23FN2. The number of nitrogens with two attached hydrogens (primary N) is 1. The summed E-state index contributed by atoms with van der Waals surface area (Å²) in [5, 5.41) is 0. The number of rotatable bonds is 6. The van der Waals surface area contributed by atoms with Crippen LogP contribution in [0.2, 0.25) is 0 Å². The van der Waals surface area contributed by atoms with Gasteiger partial charge in [-0.05, 0) is 37.6 Å². The van der Waals surface area contributed by atoms with Gasteiger partial charge in [-0.15, -0.1) is 0 Å². The highest BCUT2D eigenvalue weighted by atomic mass is 19.1. The number of nitrogens with zero attached hydrogens (tertiary/aromatic N) is 1. The molecule has 0 spiro atoms. The lowest BCUT2D eigenvalue weighted by molar-refractivity contribution is 0.167. The molecule has 0 bridgehead atoms. The minimum absolute atomic E-state index is 0.0931. The van der Waals surface area contributed by atoms with Gasteiger partial charge in [0, 0.05) is 18.6 Å². The predicted octanol–water partition coefficient (Wildman–Crippen LogP) is 2.95. The molecule has 0 amide bonds. The monoisotopic (exact) mass is 238 g/mol. The molecule has 3 heteroatoms. The van der Waals surface area contributed by atoms with Crippen molar-refractivity contribution < 1.29 is 4.39 Å². The van der Waals surface area contributed by atoms with E-state index in [0.29, 0.717) is 12.6 Å². The van der Waals surface area contributed by atoms with E-state index < -0.39 is 0 Å². The number of hydrogen-bond donors (Lipinski definition) is 1. The summed E-state index contributed by atoms with van der Waals surface area (Å²) in [4.78, 5) is 2.26. The first-order chi connectivity index (χ1) is 8.13. The fraction of sp³-hybridized carbons (Fsp3) is 0.571. The molecule has 0 aliphatic heterocycles. The Balaban J connectivity index is 2.90. The second-order valence-corrected chi connectivity index (χ2v) is 4.44. The third kappa shape index (κ3) is 3.51. The Morgan fingerprint density at radius 2 is 1.94 bits per heavy atom. The smallest absolute Gasteiger partial charge is 0.123 e. The molecule has 1 aromatic carbocycles. The highest BCUT2D eigenvalue weighted by Crippen LogP contribution is 2.23. The van der Waals surface area contributed by atoms with Gasteiger partial charge in [0.1, 0.15) is 5.82 Å². The van der Waals surface area contributed by atoms with Crippen molar-refractivity contribution in [2.24, 2.45) is 5.73 Å². The summed E-state index contributed by atoms with van der Waals surface area (Å²) in [6.45, 7) is 4.85. The van der Waals surface area contributed by atoms with E-state index >= 15 is 0 Å². The quantitative estimate of drug-likeness (QED) is 0.825. The molecule has 1 atom stereocenters. The third-order valence-corrected chi connectivity index (χ3v) is 3.47. The van der Waals surface area contributed by atoms with E-state index in [9.17, 15) is 4.39 Å². The van der Waals surface area contributed by atoms with Crippen LogP contribution in [-0.4, -0.2) is 24.5 Å². The van der Waals surface area contributed by atoms with Crippen LogP contribution in [-0.2, 0) is 0 Å². The van der Waals surface area contributed by atoms with Crippen molar-refractivity contribution in [1.82, 2.24) is 4.90 Å². The molecule has 17 heavy (non-hydrogen) atoms. The summed E-state index contributed by atoms with van der Waals surface area (Å²) < 4.78 is 13.2. The van der Waals surface area contributed by atoms with E-state index in [0.717, 1.165) is 18.4 Å². The maximum absolute atomic E-state index is 13.2. The van der Waals surface area contributed by atoms with E-state index in [-0.39, 0.29) is 11.9 Å². The summed E-state index contributed by atoms with van der Waals surface area (Å²) in [6.07, 6.45) is 2.16. The van der Waals surface area contributed by atoms with Crippen LogP contribution < -0.4 is 5.73 Å². The van der Waals surface area contributed by atoms with Crippen LogP contribution in [0.15, 0.2) is 24.3 Å². The molecule has 1 aromatic rings. The number of halogens is 1. The summed E-state index contributed by atoms with van der Waals surface area (Å²) in [7, 11) is 2.07. The maximum Gasteiger partial charge on any atom is 0.123 e. The highest BCUT2D eigenvalue weighted by Gasteiger charge is 2.21. The van der Waals surface area contributed by atoms with E-state index in [1.54, 1.807) is 12.1 Å². The average Bonchev–Trinajstić information content (AvgIpc) is 2.31. The number of hydrogen-bond acceptors (Lipinski definition) is 2. The molecular weight excluding hydrogens is 215 g/mol. The molecule has 1 rings (SSSR count). The molecule has 0 radical (unpaired) electrons. The van der Waals surface area contributed by atoms with Crippen molar-refractivity contribution in [1.29, 1.82) is 0 Å². The molecule has 0 aromatic heterocycles. The van der Waals surface area contributed by atoms with Crippen LogP contribution in [0.1, 0.15) is 38.3 Å². The van der Waals surface area contributed by atoms with Gasteiger partial charge < -0.3 is 5.73 Å². The SMILES string of the molecule is CCC(CC)N(C)C(CN)c1cccc(F)c1. The normalized spacial score (nSPS) is 13.4. The van der Waals surface area contributed by atoms with E-state index in [4.69, 9.17) is 5.73 Å². The molecule has 0 fully saturated rings. The van der Waals surface area contributed by atoms with Crippen LogP contribution >= 0.6 is 0 Å². The lowest BCUT2D eigenvalue weighted by atomic mass is 10.0. The fourth-order valence-electron chi connectivity index (χ4n) is 2.37. The standard InChI is InChI=1S/C14H23FN2/c1-4-13(5-2)17(3)14(10-16)11-7-6-8-12(15)9-11/h6-9,13-14H,4-5,10,16H2,1-3H3. The van der Waals surface area contributed by atoms with Crippen molar-refractivity contribution in [2.75, 3.05) is 13.6 Å². The van der Waals surface area contributed by atoms with Crippen LogP contribution in [0.25, 0.3) is 0 Å². The largest absolute Gasteiger partial charge is 0.329 e. The summed E-state index contributed by atoms with van der Waals surface area (Å²) in [6, 6.07) is 7.32. The Kier molecular flexibility index (Phi) is 5.59. The predicted molar refractivity (Wildman–Crippen MR) is 70.3 cm³/mol. The van der Waals surface area contributed by atoms with Gasteiger partial charge in [-0.2, -0.15) is 0 Å². The van der Waals surface area contributed by atoms with Gasteiger partial charge in [-0.25, -0.2) is 4.39 Å². The molecule has 1 unspecified atom stereocenters. The van der Waals surface area contributed by atoms with Crippen LogP contribution in [0.3, 0.4) is 0 Å². The molecule has 0 saturated carbocycles. The molecule has 2 nitrogen and oxygen atoms in total. The molecule has 0 heterocycles. The van der Waals surface area contributed by atoms with Gasteiger partial charge in [0.2, 0.25) is 0 Å². The van der Waals surface area contributed by atoms with Gasteiger partial charge in [-0.1, -0.05) is 26.0 Å². The van der Waals surface area contributed by atoms with Crippen molar-refractivity contribution in [3.05, 3.63) is 35.6 Å². The van der Waals surface area contributed by atoms with Crippen LogP contribution in [0.5, 0.6) is 0 Å². The zero-order valence-corrected chi connectivity index (χ0v) is 11.0. The van der Waals surface area contributed by atoms with Crippen LogP contribution in [0.4, 0.5) is 4.39 Å².